The number of nitrogen functional groups attached to an aromatic ring is 1. The summed E-state index contributed by atoms with van der Waals surface area (Å²) in [5.74, 6) is 0. The van der Waals surface area contributed by atoms with Gasteiger partial charge in [0.25, 0.3) is 0 Å². The van der Waals surface area contributed by atoms with Crippen LogP contribution in [0.3, 0.4) is 0 Å². The van der Waals surface area contributed by atoms with Crippen molar-refractivity contribution >= 4 is 11.4 Å². The summed E-state index contributed by atoms with van der Waals surface area (Å²) in [5, 5.41) is 0. The van der Waals surface area contributed by atoms with Gasteiger partial charge < -0.3 is 10.6 Å². The molecule has 0 spiro atoms. The van der Waals surface area contributed by atoms with Crippen LogP contribution in [0.15, 0.2) is 18.2 Å². The van der Waals surface area contributed by atoms with Crippen molar-refractivity contribution in [2.75, 3.05) is 24.7 Å². The molecule has 2 nitrogen and oxygen atoms in total. The summed E-state index contributed by atoms with van der Waals surface area (Å²) in [5.41, 5.74) is 7.31. The van der Waals surface area contributed by atoms with E-state index in [-0.39, 0.29) is 0 Å². The van der Waals surface area contributed by atoms with Crippen LogP contribution < -0.4 is 10.6 Å². The Morgan fingerprint density at radius 1 is 1.50 bits per heavy atom. The highest BCUT2D eigenvalue weighted by molar-refractivity contribution is 5.54. The molecule has 2 N–H and O–H groups in total. The van der Waals surface area contributed by atoms with Crippen molar-refractivity contribution in [2.24, 2.45) is 0 Å². The van der Waals surface area contributed by atoms with Gasteiger partial charge in [-0.3, -0.25) is 0 Å². The van der Waals surface area contributed by atoms with Crippen LogP contribution in [0, 0.1) is 6.07 Å². The third kappa shape index (κ3) is 1.41. The monoisotopic (exact) mass is 135 g/mol. The van der Waals surface area contributed by atoms with Gasteiger partial charge in [-0.25, -0.2) is 0 Å². The van der Waals surface area contributed by atoms with E-state index in [9.17, 15) is 0 Å². The van der Waals surface area contributed by atoms with Gasteiger partial charge in [-0.1, -0.05) is 6.07 Å². The number of benzene rings is 1. The smallest absolute Gasteiger partial charge is 0.0415 e. The quantitative estimate of drug-likeness (QED) is 0.585. The molecule has 0 atom stereocenters. The molecule has 0 unspecified atom stereocenters. The Bertz CT molecular complexity index is 218. The van der Waals surface area contributed by atoms with Gasteiger partial charge in [-0.05, 0) is 12.1 Å². The number of hydrogen-bond acceptors (Lipinski definition) is 2. The highest BCUT2D eigenvalue weighted by atomic mass is 15.1. The maximum absolute atomic E-state index is 5.51. The molecule has 0 bridgehead atoms. The molecule has 0 aliphatic rings. The van der Waals surface area contributed by atoms with E-state index < -0.39 is 0 Å². The van der Waals surface area contributed by atoms with Crippen molar-refractivity contribution in [3.63, 3.8) is 0 Å². The first-order valence-electron chi connectivity index (χ1n) is 3.14. The zero-order chi connectivity index (χ0) is 7.56. The minimum Gasteiger partial charge on any atom is -0.398 e. The second-order valence-corrected chi connectivity index (χ2v) is 2.40. The normalized spacial score (nSPS) is 9.40. The molecular formula is C8H11N2. The number of anilines is 2. The van der Waals surface area contributed by atoms with Gasteiger partial charge in [0.2, 0.25) is 0 Å². The number of nitrogens with zero attached hydrogens (tertiary/aromatic N) is 1. The molecule has 0 amide bonds. The van der Waals surface area contributed by atoms with Crippen molar-refractivity contribution in [1.82, 2.24) is 0 Å². The van der Waals surface area contributed by atoms with Crippen molar-refractivity contribution in [3.8, 4) is 0 Å². The van der Waals surface area contributed by atoms with Crippen molar-refractivity contribution < 1.29 is 0 Å². The van der Waals surface area contributed by atoms with Gasteiger partial charge in [0, 0.05) is 31.5 Å². The fourth-order valence-corrected chi connectivity index (χ4v) is 0.751. The molecule has 0 saturated heterocycles. The molecule has 1 aromatic carbocycles. The Labute approximate surface area is 61.3 Å². The zero-order valence-electron chi connectivity index (χ0n) is 6.26. The minimum atomic E-state index is 0.686. The zero-order valence-corrected chi connectivity index (χ0v) is 6.26. The van der Waals surface area contributed by atoms with Crippen molar-refractivity contribution in [3.05, 3.63) is 24.3 Å². The molecule has 53 valence electrons. The van der Waals surface area contributed by atoms with Crippen LogP contribution in [0.4, 0.5) is 11.4 Å². The van der Waals surface area contributed by atoms with E-state index in [1.54, 1.807) is 0 Å². The molecule has 2 heteroatoms. The molecule has 0 aliphatic heterocycles. The van der Waals surface area contributed by atoms with Crippen LogP contribution >= 0.6 is 0 Å². The predicted molar refractivity (Wildman–Crippen MR) is 44.0 cm³/mol. The van der Waals surface area contributed by atoms with Crippen molar-refractivity contribution in [1.29, 1.82) is 0 Å². The lowest BCUT2D eigenvalue weighted by Gasteiger charge is -2.11. The SMILES string of the molecule is CN(C)c1cc[c]c(N)c1. The lowest BCUT2D eigenvalue weighted by Crippen LogP contribution is -2.08. The molecule has 1 radical (unpaired) electrons. The Kier molecular flexibility index (Phi) is 1.81. The van der Waals surface area contributed by atoms with E-state index in [2.05, 4.69) is 6.07 Å². The highest BCUT2D eigenvalue weighted by Crippen LogP contribution is 2.13. The number of nitrogens with two attached hydrogens (primary N) is 1. The van der Waals surface area contributed by atoms with E-state index in [1.165, 1.54) is 0 Å². The molecule has 0 aliphatic carbocycles. The summed E-state index contributed by atoms with van der Waals surface area (Å²) in [6, 6.07) is 8.56. The van der Waals surface area contributed by atoms with E-state index >= 15 is 0 Å². The lowest BCUT2D eigenvalue weighted by atomic mass is 10.3. The first-order chi connectivity index (χ1) is 4.70. The van der Waals surface area contributed by atoms with Gasteiger partial charge in [-0.15, -0.1) is 0 Å². The summed E-state index contributed by atoms with van der Waals surface area (Å²) in [4.78, 5) is 2.00. The van der Waals surface area contributed by atoms with Crippen LogP contribution in [-0.4, -0.2) is 14.1 Å². The van der Waals surface area contributed by atoms with E-state index in [1.807, 2.05) is 37.2 Å². The largest absolute Gasteiger partial charge is 0.398 e. The molecule has 1 rings (SSSR count). The third-order valence-electron chi connectivity index (χ3n) is 1.32. The second kappa shape index (κ2) is 2.60. The average Bonchev–Trinajstić information content (AvgIpc) is 1.88. The van der Waals surface area contributed by atoms with Gasteiger partial charge in [-0.2, -0.15) is 0 Å². The first kappa shape index (κ1) is 6.93. The molecule has 0 saturated carbocycles. The Morgan fingerprint density at radius 3 is 2.60 bits per heavy atom. The summed E-state index contributed by atoms with van der Waals surface area (Å²) in [6.07, 6.45) is 0. The second-order valence-electron chi connectivity index (χ2n) is 2.40. The van der Waals surface area contributed by atoms with Gasteiger partial charge in [0.15, 0.2) is 0 Å². The average molecular weight is 135 g/mol. The fraction of sp³-hybridized carbons (Fsp3) is 0.250. The maximum Gasteiger partial charge on any atom is 0.0415 e. The van der Waals surface area contributed by atoms with Gasteiger partial charge in [0.05, 0.1) is 0 Å². The molecular weight excluding hydrogens is 124 g/mol. The summed E-state index contributed by atoms with van der Waals surface area (Å²) >= 11 is 0. The Morgan fingerprint density at radius 2 is 2.20 bits per heavy atom. The fourth-order valence-electron chi connectivity index (χ4n) is 0.751. The molecule has 0 heterocycles. The molecule has 0 fully saturated rings. The Balaban J connectivity index is 2.96. The molecule has 0 aromatic heterocycles. The summed E-state index contributed by atoms with van der Waals surface area (Å²) in [7, 11) is 3.96. The topological polar surface area (TPSA) is 29.3 Å². The highest BCUT2D eigenvalue weighted by Gasteiger charge is 1.92. The molecule has 10 heavy (non-hydrogen) atoms. The van der Waals surface area contributed by atoms with Gasteiger partial charge >= 0.3 is 0 Å². The van der Waals surface area contributed by atoms with Crippen LogP contribution in [0.2, 0.25) is 0 Å². The standard InChI is InChI=1S/C8H11N2/c1-10(2)8-5-3-4-7(9)6-8/h3,5-6H,9H2,1-2H3. The van der Waals surface area contributed by atoms with Crippen LogP contribution in [0.5, 0.6) is 0 Å². The third-order valence-corrected chi connectivity index (χ3v) is 1.32. The van der Waals surface area contributed by atoms with E-state index in [4.69, 9.17) is 5.73 Å². The van der Waals surface area contributed by atoms with Crippen LogP contribution in [0.25, 0.3) is 0 Å². The number of rotatable bonds is 1. The van der Waals surface area contributed by atoms with E-state index in [0.29, 0.717) is 5.69 Å². The predicted octanol–water partition coefficient (Wildman–Crippen LogP) is 1.13. The first-order valence-corrected chi connectivity index (χ1v) is 3.14. The Hall–Kier alpha value is -1.18. The van der Waals surface area contributed by atoms with E-state index in [0.717, 1.165) is 5.69 Å². The number of hydrogen-bond donors (Lipinski definition) is 1. The minimum absolute atomic E-state index is 0.686. The van der Waals surface area contributed by atoms with Crippen molar-refractivity contribution in [2.45, 2.75) is 0 Å². The van der Waals surface area contributed by atoms with Crippen LogP contribution in [-0.2, 0) is 0 Å². The summed E-state index contributed by atoms with van der Waals surface area (Å²) in [6.45, 7) is 0. The maximum atomic E-state index is 5.51. The lowest BCUT2D eigenvalue weighted by molar-refractivity contribution is 1.13. The summed E-state index contributed by atoms with van der Waals surface area (Å²) < 4.78 is 0. The molecule has 1 aromatic rings. The van der Waals surface area contributed by atoms with Gasteiger partial charge in [0.1, 0.15) is 0 Å². The van der Waals surface area contributed by atoms with Crippen LogP contribution in [0.1, 0.15) is 0 Å².